The number of ether oxygens (including phenoxy) is 2. The number of nitrogens with one attached hydrogen (secondary N) is 1. The number of halogens is 4. The van der Waals surface area contributed by atoms with Crippen LogP contribution in [0.25, 0.3) is 0 Å². The van der Waals surface area contributed by atoms with E-state index in [0.29, 0.717) is 18.6 Å². The van der Waals surface area contributed by atoms with E-state index >= 15 is 0 Å². The van der Waals surface area contributed by atoms with Crippen molar-refractivity contribution in [2.75, 3.05) is 32.6 Å². The predicted octanol–water partition coefficient (Wildman–Crippen LogP) is 4.42. The fourth-order valence-electron chi connectivity index (χ4n) is 3.53. The monoisotopic (exact) mass is 506 g/mol. The number of rotatable bonds is 6. The Bertz CT molecular complexity index is 1140. The van der Waals surface area contributed by atoms with Crippen molar-refractivity contribution in [1.82, 2.24) is 4.31 Å². The zero-order valence-corrected chi connectivity index (χ0v) is 19.4. The molecule has 0 radical (unpaired) electrons. The number of amides is 1. The predicted molar refractivity (Wildman–Crippen MR) is 116 cm³/mol. The van der Waals surface area contributed by atoms with Crippen LogP contribution >= 0.6 is 11.6 Å². The maximum atomic E-state index is 13.3. The van der Waals surface area contributed by atoms with E-state index in [-0.39, 0.29) is 34.4 Å². The van der Waals surface area contributed by atoms with Gasteiger partial charge in [0.05, 0.1) is 36.4 Å². The van der Waals surface area contributed by atoms with Crippen LogP contribution in [0.1, 0.15) is 18.4 Å². The van der Waals surface area contributed by atoms with Gasteiger partial charge < -0.3 is 14.8 Å². The summed E-state index contributed by atoms with van der Waals surface area (Å²) < 4.78 is 77.0. The van der Waals surface area contributed by atoms with Crippen LogP contribution in [0.15, 0.2) is 41.3 Å². The van der Waals surface area contributed by atoms with Crippen molar-refractivity contribution in [3.8, 4) is 11.5 Å². The third kappa shape index (κ3) is 5.53. The highest BCUT2D eigenvalue weighted by Gasteiger charge is 2.36. The molecule has 0 saturated carbocycles. The van der Waals surface area contributed by atoms with Gasteiger partial charge in [0.15, 0.2) is 0 Å². The Hall–Kier alpha value is -2.50. The molecule has 1 amide bonds. The minimum absolute atomic E-state index is 0.0576. The number of piperidine rings is 1. The molecule has 1 heterocycles. The fourth-order valence-corrected chi connectivity index (χ4v) is 5.39. The van der Waals surface area contributed by atoms with Gasteiger partial charge in [-0.15, -0.1) is 0 Å². The summed E-state index contributed by atoms with van der Waals surface area (Å²) in [6.07, 6.45) is -3.85. The number of nitrogens with zero attached hydrogens (tertiary/aromatic N) is 1. The summed E-state index contributed by atoms with van der Waals surface area (Å²) in [4.78, 5) is 12.7. The summed E-state index contributed by atoms with van der Waals surface area (Å²) >= 11 is 5.96. The molecule has 1 atom stereocenters. The summed E-state index contributed by atoms with van der Waals surface area (Å²) in [6, 6.07) is 6.97. The second-order valence-electron chi connectivity index (χ2n) is 7.40. The van der Waals surface area contributed by atoms with Crippen molar-refractivity contribution in [3.63, 3.8) is 0 Å². The molecule has 0 unspecified atom stereocenters. The van der Waals surface area contributed by atoms with E-state index in [1.165, 1.54) is 26.4 Å². The highest BCUT2D eigenvalue weighted by Crippen LogP contribution is 2.35. The van der Waals surface area contributed by atoms with E-state index < -0.39 is 33.6 Å². The molecule has 1 fully saturated rings. The normalized spacial score (nSPS) is 17.5. The van der Waals surface area contributed by atoms with E-state index in [9.17, 15) is 26.4 Å². The Kier molecular flexibility index (Phi) is 7.45. The number of methoxy groups -OCH3 is 2. The lowest BCUT2D eigenvalue weighted by Crippen LogP contribution is -2.43. The van der Waals surface area contributed by atoms with Gasteiger partial charge in [0.1, 0.15) is 16.4 Å². The number of hydrogen-bond acceptors (Lipinski definition) is 5. The standard InChI is InChI=1S/C21H22ClF3N2O5S/c1-31-15-6-8-18(32-2)19(11-15)33(29,30)27-9-3-4-13(12-27)20(28)26-17-10-14(21(23,24)25)5-7-16(17)22/h5-8,10-11,13H,3-4,9,12H2,1-2H3,(H,26,28)/t13-/m1/s1. The van der Waals surface area contributed by atoms with Crippen molar-refractivity contribution in [2.45, 2.75) is 23.9 Å². The quantitative estimate of drug-likeness (QED) is 0.627. The van der Waals surface area contributed by atoms with Gasteiger partial charge in [0, 0.05) is 19.2 Å². The van der Waals surface area contributed by atoms with Crippen molar-refractivity contribution in [1.29, 1.82) is 0 Å². The first-order chi connectivity index (χ1) is 15.5. The summed E-state index contributed by atoms with van der Waals surface area (Å²) in [7, 11) is -1.30. The van der Waals surface area contributed by atoms with Gasteiger partial charge in [-0.1, -0.05) is 11.6 Å². The Balaban J connectivity index is 1.82. The first kappa shape index (κ1) is 25.1. The van der Waals surface area contributed by atoms with Gasteiger partial charge in [0.2, 0.25) is 15.9 Å². The second-order valence-corrected chi connectivity index (χ2v) is 9.71. The first-order valence-electron chi connectivity index (χ1n) is 9.87. The summed E-state index contributed by atoms with van der Waals surface area (Å²) in [5, 5.41) is 2.35. The Labute approximate surface area is 194 Å². The van der Waals surface area contributed by atoms with Gasteiger partial charge in [-0.3, -0.25) is 4.79 Å². The molecule has 2 aromatic rings. The van der Waals surface area contributed by atoms with Crippen molar-refractivity contribution < 1.29 is 35.9 Å². The molecule has 33 heavy (non-hydrogen) atoms. The zero-order chi connectivity index (χ0) is 24.4. The average molecular weight is 507 g/mol. The molecule has 1 aliphatic heterocycles. The number of anilines is 1. The Morgan fingerprint density at radius 2 is 1.88 bits per heavy atom. The van der Waals surface area contributed by atoms with E-state index in [2.05, 4.69) is 5.32 Å². The summed E-state index contributed by atoms with van der Waals surface area (Å²) in [5.74, 6) is -0.956. The van der Waals surface area contributed by atoms with E-state index in [0.717, 1.165) is 22.5 Å². The molecule has 1 N–H and O–H groups in total. The van der Waals surface area contributed by atoms with Crippen LogP contribution in [-0.4, -0.2) is 45.9 Å². The van der Waals surface area contributed by atoms with E-state index in [1.54, 1.807) is 6.07 Å². The lowest BCUT2D eigenvalue weighted by Gasteiger charge is -2.31. The van der Waals surface area contributed by atoms with Gasteiger partial charge in [-0.05, 0) is 43.2 Å². The van der Waals surface area contributed by atoms with E-state index in [4.69, 9.17) is 21.1 Å². The molecule has 1 saturated heterocycles. The molecule has 7 nitrogen and oxygen atoms in total. The Morgan fingerprint density at radius 1 is 1.15 bits per heavy atom. The van der Waals surface area contributed by atoms with Gasteiger partial charge in [-0.25, -0.2) is 8.42 Å². The third-order valence-corrected chi connectivity index (χ3v) is 7.51. The largest absolute Gasteiger partial charge is 0.497 e. The molecule has 0 spiro atoms. The van der Waals surface area contributed by atoms with Crippen LogP contribution < -0.4 is 14.8 Å². The van der Waals surface area contributed by atoms with Crippen LogP contribution in [-0.2, 0) is 21.0 Å². The molecular weight excluding hydrogens is 485 g/mol. The number of hydrogen-bond donors (Lipinski definition) is 1. The maximum Gasteiger partial charge on any atom is 0.416 e. The third-order valence-electron chi connectivity index (χ3n) is 5.30. The van der Waals surface area contributed by atoms with Crippen molar-refractivity contribution >= 4 is 33.2 Å². The lowest BCUT2D eigenvalue weighted by atomic mass is 9.98. The smallest absolute Gasteiger partial charge is 0.416 e. The van der Waals surface area contributed by atoms with Crippen molar-refractivity contribution in [2.24, 2.45) is 5.92 Å². The minimum atomic E-state index is -4.60. The second kappa shape index (κ2) is 9.78. The SMILES string of the molecule is COc1ccc(OC)c(S(=O)(=O)N2CCC[C@@H](C(=O)Nc3cc(C(F)(F)F)ccc3Cl)C2)c1. The zero-order valence-electron chi connectivity index (χ0n) is 17.8. The molecule has 0 aromatic heterocycles. The van der Waals surface area contributed by atoms with Crippen LogP contribution in [0.3, 0.4) is 0 Å². The number of carbonyl (C=O) groups is 1. The summed E-state index contributed by atoms with van der Waals surface area (Å²) in [5.41, 5.74) is -1.15. The lowest BCUT2D eigenvalue weighted by molar-refractivity contribution is -0.137. The van der Waals surface area contributed by atoms with Crippen LogP contribution in [0.2, 0.25) is 5.02 Å². The van der Waals surface area contributed by atoms with Gasteiger partial charge in [-0.2, -0.15) is 17.5 Å². The average Bonchev–Trinajstić information content (AvgIpc) is 2.79. The number of alkyl halides is 3. The minimum Gasteiger partial charge on any atom is -0.497 e. The van der Waals surface area contributed by atoms with Gasteiger partial charge >= 0.3 is 6.18 Å². The molecule has 2 aromatic carbocycles. The van der Waals surface area contributed by atoms with Crippen LogP contribution in [0.5, 0.6) is 11.5 Å². The summed E-state index contributed by atoms with van der Waals surface area (Å²) in [6.45, 7) is 0.0297. The fraction of sp³-hybridized carbons (Fsp3) is 0.381. The number of carbonyl (C=O) groups excluding carboxylic acids is 1. The molecule has 3 rings (SSSR count). The van der Waals surface area contributed by atoms with E-state index in [1.807, 2.05) is 0 Å². The maximum absolute atomic E-state index is 13.3. The molecule has 1 aliphatic rings. The van der Waals surface area contributed by atoms with Crippen LogP contribution in [0, 0.1) is 5.92 Å². The van der Waals surface area contributed by atoms with Gasteiger partial charge in [0.25, 0.3) is 0 Å². The van der Waals surface area contributed by atoms with Crippen molar-refractivity contribution in [3.05, 3.63) is 47.0 Å². The highest BCUT2D eigenvalue weighted by molar-refractivity contribution is 7.89. The number of sulfonamides is 1. The Morgan fingerprint density at radius 3 is 2.52 bits per heavy atom. The molecule has 180 valence electrons. The topological polar surface area (TPSA) is 84.9 Å². The molecule has 12 heteroatoms. The molecule has 0 bridgehead atoms. The van der Waals surface area contributed by atoms with Crippen LogP contribution in [0.4, 0.5) is 18.9 Å². The first-order valence-corrected chi connectivity index (χ1v) is 11.7. The number of benzene rings is 2. The molecule has 0 aliphatic carbocycles. The molecular formula is C21H22ClF3N2O5S. The highest BCUT2D eigenvalue weighted by atomic mass is 35.5.